The summed E-state index contributed by atoms with van der Waals surface area (Å²) in [6.07, 6.45) is -1.93. The zero-order valence-corrected chi connectivity index (χ0v) is 16.1. The van der Waals surface area contributed by atoms with Crippen LogP contribution in [0, 0.1) is 12.8 Å². The van der Waals surface area contributed by atoms with Crippen LogP contribution in [0.5, 0.6) is 0 Å². The van der Waals surface area contributed by atoms with Crippen molar-refractivity contribution in [2.45, 2.75) is 45.3 Å². The summed E-state index contributed by atoms with van der Waals surface area (Å²) in [6, 6.07) is 13.5. The average molecular weight is 389 g/mol. The van der Waals surface area contributed by atoms with E-state index in [1.807, 2.05) is 6.07 Å². The number of carbonyl (C=O) groups is 1. The van der Waals surface area contributed by atoms with Crippen molar-refractivity contribution in [2.24, 2.45) is 5.92 Å². The number of rotatable bonds is 6. The smallest absolute Gasteiger partial charge is 0.299 e. The van der Waals surface area contributed by atoms with Crippen LogP contribution < -0.4 is 0 Å². The summed E-state index contributed by atoms with van der Waals surface area (Å²) in [5, 5.41) is 0. The fraction of sp³-hybridized carbons (Fsp3) is 0.435. The highest BCUT2D eigenvalue weighted by atomic mass is 19.4. The molecule has 0 atom stereocenters. The van der Waals surface area contributed by atoms with Crippen LogP contribution >= 0.6 is 0 Å². The second-order valence-electron chi connectivity index (χ2n) is 7.76. The minimum Gasteiger partial charge on any atom is -0.299 e. The first-order valence-corrected chi connectivity index (χ1v) is 9.76. The van der Waals surface area contributed by atoms with Crippen molar-refractivity contribution in [1.82, 2.24) is 4.90 Å². The fourth-order valence-electron chi connectivity index (χ4n) is 3.86. The summed E-state index contributed by atoms with van der Waals surface area (Å²) in [7, 11) is 0. The van der Waals surface area contributed by atoms with E-state index in [1.54, 1.807) is 6.07 Å². The van der Waals surface area contributed by atoms with Crippen molar-refractivity contribution >= 4 is 5.78 Å². The van der Waals surface area contributed by atoms with Gasteiger partial charge in [-0.25, -0.2) is 0 Å². The molecule has 2 aromatic carbocycles. The van der Waals surface area contributed by atoms with Gasteiger partial charge in [0.25, 0.3) is 0 Å². The number of benzene rings is 2. The first kappa shape index (κ1) is 20.6. The van der Waals surface area contributed by atoms with Gasteiger partial charge in [-0.2, -0.15) is 13.2 Å². The maximum atomic E-state index is 12.8. The number of likely N-dealkylation sites (tertiary alicyclic amines) is 1. The minimum absolute atomic E-state index is 0.0247. The highest BCUT2D eigenvalue weighted by Gasteiger charge is 2.30. The number of nitrogens with zero attached hydrogens (tertiary/aromatic N) is 1. The third-order valence-electron chi connectivity index (χ3n) is 5.53. The number of Topliss-reactive ketones (excluding diaryl/α,β-unsaturated/α-hetero) is 1. The number of aryl methyl sites for hydroxylation is 1. The lowest BCUT2D eigenvalue weighted by atomic mass is 9.89. The van der Waals surface area contributed by atoms with Crippen LogP contribution in [-0.4, -0.2) is 23.8 Å². The Labute approximate surface area is 164 Å². The topological polar surface area (TPSA) is 20.3 Å². The predicted molar refractivity (Wildman–Crippen MR) is 104 cm³/mol. The Kier molecular flexibility index (Phi) is 6.55. The van der Waals surface area contributed by atoms with Crippen LogP contribution in [0.15, 0.2) is 48.5 Å². The van der Waals surface area contributed by atoms with Gasteiger partial charge in [0.2, 0.25) is 0 Å². The molecule has 150 valence electrons. The Morgan fingerprint density at radius 2 is 1.79 bits per heavy atom. The van der Waals surface area contributed by atoms with Gasteiger partial charge in [0.15, 0.2) is 0 Å². The lowest BCUT2D eigenvalue weighted by Crippen LogP contribution is -2.34. The molecule has 2 nitrogen and oxygen atoms in total. The molecule has 3 rings (SSSR count). The van der Waals surface area contributed by atoms with Crippen LogP contribution in [0.3, 0.4) is 0 Å². The molecule has 28 heavy (non-hydrogen) atoms. The fourth-order valence-corrected chi connectivity index (χ4v) is 3.86. The third kappa shape index (κ3) is 5.68. The molecular weight excluding hydrogens is 363 g/mol. The van der Waals surface area contributed by atoms with Crippen LogP contribution in [0.4, 0.5) is 13.2 Å². The number of piperidine rings is 1. The zero-order valence-electron chi connectivity index (χ0n) is 16.1. The largest absolute Gasteiger partial charge is 0.416 e. The van der Waals surface area contributed by atoms with Crippen molar-refractivity contribution in [1.29, 1.82) is 0 Å². The zero-order chi connectivity index (χ0) is 20.1. The quantitative estimate of drug-likeness (QED) is 0.657. The van der Waals surface area contributed by atoms with E-state index < -0.39 is 11.7 Å². The highest BCUT2D eigenvalue weighted by molar-refractivity contribution is 5.81. The van der Waals surface area contributed by atoms with Gasteiger partial charge in [0, 0.05) is 19.4 Å². The van der Waals surface area contributed by atoms with E-state index in [4.69, 9.17) is 0 Å². The Balaban J connectivity index is 1.47. The van der Waals surface area contributed by atoms with Crippen molar-refractivity contribution in [3.63, 3.8) is 0 Å². The predicted octanol–water partition coefficient (Wildman–Crippen LogP) is 5.43. The molecule has 1 heterocycles. The molecule has 0 spiro atoms. The summed E-state index contributed by atoms with van der Waals surface area (Å²) in [5.74, 6) is 0.350. The standard InChI is InChI=1S/C23H26F3NO/c1-17-5-2-3-7-20(17)16-27-11-9-18(10-12-27)14-22(28)15-19-6-4-8-21(13-19)23(24,25)26/h2-8,13,18H,9-12,14-16H2,1H3. The van der Waals surface area contributed by atoms with Crippen LogP contribution in [0.2, 0.25) is 0 Å². The summed E-state index contributed by atoms with van der Waals surface area (Å²) in [5.41, 5.74) is 2.38. The van der Waals surface area contributed by atoms with E-state index in [0.29, 0.717) is 17.9 Å². The molecule has 2 aromatic rings. The SMILES string of the molecule is Cc1ccccc1CN1CCC(CC(=O)Cc2cccc(C(F)(F)F)c2)CC1. The first-order valence-electron chi connectivity index (χ1n) is 9.76. The molecule has 0 amide bonds. The minimum atomic E-state index is -4.37. The lowest BCUT2D eigenvalue weighted by Gasteiger charge is -2.32. The second-order valence-corrected chi connectivity index (χ2v) is 7.76. The Morgan fingerprint density at radius 1 is 1.07 bits per heavy atom. The second kappa shape index (κ2) is 8.91. The van der Waals surface area contributed by atoms with E-state index in [1.165, 1.54) is 17.2 Å². The van der Waals surface area contributed by atoms with E-state index in [2.05, 4.69) is 30.0 Å². The number of hydrogen-bond acceptors (Lipinski definition) is 2. The molecule has 1 aliphatic heterocycles. The van der Waals surface area contributed by atoms with Gasteiger partial charge >= 0.3 is 6.18 Å². The van der Waals surface area contributed by atoms with Crippen molar-refractivity contribution in [2.75, 3.05) is 13.1 Å². The van der Waals surface area contributed by atoms with E-state index in [9.17, 15) is 18.0 Å². The Morgan fingerprint density at radius 3 is 2.46 bits per heavy atom. The maximum Gasteiger partial charge on any atom is 0.416 e. The average Bonchev–Trinajstić information content (AvgIpc) is 2.65. The van der Waals surface area contributed by atoms with Gasteiger partial charge in [0.05, 0.1) is 5.56 Å². The molecule has 0 bridgehead atoms. The molecule has 0 saturated carbocycles. The molecular formula is C23H26F3NO. The van der Waals surface area contributed by atoms with Gasteiger partial charge in [-0.05, 0) is 61.5 Å². The van der Waals surface area contributed by atoms with Crippen molar-refractivity contribution in [3.05, 3.63) is 70.8 Å². The molecule has 1 saturated heterocycles. The summed E-state index contributed by atoms with van der Waals surface area (Å²) >= 11 is 0. The molecule has 0 unspecified atom stereocenters. The van der Waals surface area contributed by atoms with Crippen LogP contribution in [0.25, 0.3) is 0 Å². The number of halogens is 3. The monoisotopic (exact) mass is 389 g/mol. The molecule has 1 aliphatic rings. The molecule has 0 aliphatic carbocycles. The first-order chi connectivity index (χ1) is 13.3. The Bertz CT molecular complexity index is 807. The van der Waals surface area contributed by atoms with Gasteiger partial charge in [-0.15, -0.1) is 0 Å². The third-order valence-corrected chi connectivity index (χ3v) is 5.53. The lowest BCUT2D eigenvalue weighted by molar-refractivity contribution is -0.137. The van der Waals surface area contributed by atoms with Gasteiger partial charge in [-0.1, -0.05) is 42.5 Å². The summed E-state index contributed by atoms with van der Waals surface area (Å²) in [4.78, 5) is 14.8. The number of hydrogen-bond donors (Lipinski definition) is 0. The normalized spacial score (nSPS) is 16.3. The van der Waals surface area contributed by atoms with Crippen molar-refractivity contribution < 1.29 is 18.0 Å². The Hall–Kier alpha value is -2.14. The number of alkyl halides is 3. The van der Waals surface area contributed by atoms with Gasteiger partial charge < -0.3 is 0 Å². The highest BCUT2D eigenvalue weighted by Crippen LogP contribution is 2.30. The maximum absolute atomic E-state index is 12.8. The van der Waals surface area contributed by atoms with Gasteiger partial charge in [0.1, 0.15) is 5.78 Å². The summed E-state index contributed by atoms with van der Waals surface area (Å²) in [6.45, 7) is 4.96. The summed E-state index contributed by atoms with van der Waals surface area (Å²) < 4.78 is 38.4. The molecule has 1 fully saturated rings. The number of carbonyl (C=O) groups excluding carboxylic acids is 1. The van der Waals surface area contributed by atoms with Crippen molar-refractivity contribution in [3.8, 4) is 0 Å². The van der Waals surface area contributed by atoms with E-state index in [0.717, 1.165) is 44.6 Å². The van der Waals surface area contributed by atoms with Crippen LogP contribution in [0.1, 0.15) is 41.5 Å². The number of ketones is 1. The molecule has 0 radical (unpaired) electrons. The van der Waals surface area contributed by atoms with Crippen LogP contribution in [-0.2, 0) is 23.9 Å². The van der Waals surface area contributed by atoms with E-state index >= 15 is 0 Å². The molecule has 5 heteroatoms. The van der Waals surface area contributed by atoms with Gasteiger partial charge in [-0.3, -0.25) is 9.69 Å². The van der Waals surface area contributed by atoms with E-state index in [-0.39, 0.29) is 12.2 Å². The molecule has 0 aromatic heterocycles. The molecule has 0 N–H and O–H groups in total.